The largest absolute Gasteiger partial charge is 0.0622 e. The van der Waals surface area contributed by atoms with Gasteiger partial charge in [0.25, 0.3) is 0 Å². The zero-order valence-electron chi connectivity index (χ0n) is 56.9. The van der Waals surface area contributed by atoms with E-state index in [0.29, 0.717) is 0 Å². The Balaban J connectivity index is 1.35. The fraction of sp³-hybridized carbons (Fsp3) is 0.191. The van der Waals surface area contributed by atoms with Crippen molar-refractivity contribution < 1.29 is 0 Å². The van der Waals surface area contributed by atoms with Gasteiger partial charge < -0.3 is 0 Å². The molecular weight excluding hydrogens is 1130 g/mol. The van der Waals surface area contributed by atoms with Crippen molar-refractivity contribution in [3.8, 4) is 100 Å². The second-order valence-corrected chi connectivity index (χ2v) is 28.0. The third-order valence-electron chi connectivity index (χ3n) is 19.9. The minimum atomic E-state index is 0.131. The van der Waals surface area contributed by atoms with Crippen LogP contribution in [-0.4, -0.2) is 0 Å². The van der Waals surface area contributed by atoms with E-state index in [-0.39, 0.29) is 35.5 Å². The fourth-order valence-electron chi connectivity index (χ4n) is 16.4. The highest BCUT2D eigenvalue weighted by molar-refractivity contribution is 6.26. The van der Waals surface area contributed by atoms with Crippen LogP contribution in [-0.2, 0) is 0 Å². The molecule has 0 radical (unpaired) electrons. The molecular formula is C94H86. The van der Waals surface area contributed by atoms with E-state index in [1.54, 1.807) is 0 Å². The summed E-state index contributed by atoms with van der Waals surface area (Å²) in [5, 5.41) is 10.4. The van der Waals surface area contributed by atoms with Crippen LogP contribution in [0.1, 0.15) is 152 Å². The highest BCUT2D eigenvalue weighted by Crippen LogP contribution is 2.60. The van der Waals surface area contributed by atoms with Crippen molar-refractivity contribution in [1.82, 2.24) is 0 Å². The van der Waals surface area contributed by atoms with Crippen LogP contribution >= 0.6 is 0 Å². The van der Waals surface area contributed by atoms with Crippen LogP contribution in [0.2, 0.25) is 0 Å². The third-order valence-corrected chi connectivity index (χ3v) is 19.9. The van der Waals surface area contributed by atoms with Gasteiger partial charge in [-0.2, -0.15) is 0 Å². The molecule has 0 spiro atoms. The van der Waals surface area contributed by atoms with Crippen molar-refractivity contribution in [1.29, 1.82) is 0 Å². The molecule has 0 fully saturated rings. The summed E-state index contributed by atoms with van der Waals surface area (Å²) in [6.45, 7) is 29.1. The van der Waals surface area contributed by atoms with Gasteiger partial charge in [0.2, 0.25) is 0 Å². The van der Waals surface area contributed by atoms with Crippen LogP contribution in [0.25, 0.3) is 143 Å². The van der Waals surface area contributed by atoms with Crippen molar-refractivity contribution >= 4 is 43.1 Å². The van der Waals surface area contributed by atoms with Crippen LogP contribution in [0.15, 0.2) is 267 Å². The van der Waals surface area contributed by atoms with Crippen molar-refractivity contribution in [2.75, 3.05) is 0 Å². The first-order valence-electron chi connectivity index (χ1n) is 34.5. The first kappa shape index (κ1) is 61.6. The lowest BCUT2D eigenvalue weighted by Gasteiger charge is -2.32. The molecule has 0 N–H and O–H groups in total. The van der Waals surface area contributed by atoms with Gasteiger partial charge in [-0.3, -0.25) is 0 Å². The summed E-state index contributed by atoms with van der Waals surface area (Å²) < 4.78 is 0. The molecule has 0 amide bonds. The zero-order valence-corrected chi connectivity index (χ0v) is 56.9. The molecule has 0 heterocycles. The van der Waals surface area contributed by atoms with Crippen LogP contribution in [0.4, 0.5) is 0 Å². The summed E-state index contributed by atoms with van der Waals surface area (Å²) in [6, 6.07) is 102. The van der Waals surface area contributed by atoms with Gasteiger partial charge in [-0.15, -0.1) is 0 Å². The monoisotopic (exact) mass is 1210 g/mol. The van der Waals surface area contributed by atoms with Crippen molar-refractivity contribution in [2.24, 2.45) is 0 Å². The smallest absolute Gasteiger partial charge is 0.000742 e. The van der Waals surface area contributed by atoms with Gasteiger partial charge in [0.15, 0.2) is 0 Å². The van der Waals surface area contributed by atoms with Crippen molar-refractivity contribution in [3.63, 3.8) is 0 Å². The van der Waals surface area contributed by atoms with Crippen LogP contribution in [0.5, 0.6) is 0 Å². The van der Waals surface area contributed by atoms with E-state index < -0.39 is 0 Å². The topological polar surface area (TPSA) is 0 Å². The molecule has 94 heavy (non-hydrogen) atoms. The van der Waals surface area contributed by atoms with Crippen molar-refractivity contribution in [2.45, 2.75) is 119 Å². The Labute approximate surface area is 558 Å². The Hall–Kier alpha value is -9.88. The van der Waals surface area contributed by atoms with Gasteiger partial charge >= 0.3 is 0 Å². The van der Waals surface area contributed by atoms with E-state index in [0.717, 1.165) is 0 Å². The van der Waals surface area contributed by atoms with Gasteiger partial charge in [-0.25, -0.2) is 0 Å². The Morgan fingerprint density at radius 2 is 0.266 bits per heavy atom. The summed E-state index contributed by atoms with van der Waals surface area (Å²) in [5.74, 6) is 0.959. The number of benzene rings is 14. The minimum Gasteiger partial charge on any atom is -0.0622 e. The molecule has 14 aromatic carbocycles. The van der Waals surface area contributed by atoms with Gasteiger partial charge in [-0.1, -0.05) is 326 Å². The quantitative estimate of drug-likeness (QED) is 0.0898. The molecule has 0 atom stereocenters. The summed E-state index contributed by atoms with van der Waals surface area (Å²) in [7, 11) is 0. The maximum atomic E-state index is 2.71. The molecule has 0 saturated carbocycles. The Bertz CT molecular complexity index is 4770. The SMILES string of the molecule is CC(C)c1c(-c2ccccc2)c(-c2ccccc2)c(-c2c(-c3ccccc3)c(-c3ccccc3)c(C(C)C)c3cc4c(C(C)C)c(-c5ccccc5)c(-c5ccccc5)c(C(C)C)c4cc23)c2cc3c(C(C)C)c(-c4ccccc4)c(-c4ccccc4)c(C(C)C)c3cc12. The van der Waals surface area contributed by atoms with E-state index in [4.69, 9.17) is 0 Å². The number of hydrogen-bond acceptors (Lipinski definition) is 0. The predicted molar refractivity (Wildman–Crippen MR) is 410 cm³/mol. The standard InChI is InChI=1S/C94H86/c1-57(2)79-71-53-75-77(55-73(71)81(59(5)6)87(65-41-25-15-26-42-65)85(79)63-37-21-13-22-38-63)93(91(69-49-33-19-34-50-69)89(83(75)61(9)10)67-45-29-17-30-46-67)94-78-56-74-72(54-76(78)84(62(11)12)90(68-47-31-18-32-48-68)92(94)70-51-35-20-36-52-70)80(58(3)4)86(64-39-23-14-24-40-64)88(82(74)60(7)8)66-43-27-16-28-44-66/h13-62H,1-12H3. The first-order chi connectivity index (χ1) is 45.7. The van der Waals surface area contributed by atoms with Gasteiger partial charge in [0.1, 0.15) is 0 Å². The normalized spacial score (nSPS) is 12.0. The summed E-state index contributed by atoms with van der Waals surface area (Å²) in [5.41, 5.74) is 31.0. The average molecular weight is 1220 g/mol. The Kier molecular flexibility index (Phi) is 16.7. The van der Waals surface area contributed by atoms with Crippen LogP contribution in [0.3, 0.4) is 0 Å². The molecule has 0 unspecified atom stereocenters. The van der Waals surface area contributed by atoms with E-state index >= 15 is 0 Å². The van der Waals surface area contributed by atoms with Crippen LogP contribution in [0, 0.1) is 0 Å². The highest BCUT2D eigenvalue weighted by atomic mass is 14.4. The Morgan fingerprint density at radius 3 is 0.426 bits per heavy atom. The van der Waals surface area contributed by atoms with E-state index in [2.05, 4.69) is 350 Å². The van der Waals surface area contributed by atoms with Crippen LogP contribution < -0.4 is 0 Å². The third kappa shape index (κ3) is 10.6. The molecule has 0 heteroatoms. The molecule has 0 aliphatic heterocycles. The van der Waals surface area contributed by atoms with Gasteiger partial charge in [0, 0.05) is 0 Å². The molecule has 0 aliphatic rings. The van der Waals surface area contributed by atoms with Gasteiger partial charge in [0.05, 0.1) is 0 Å². The zero-order chi connectivity index (χ0) is 65.1. The second kappa shape index (κ2) is 25.5. The lowest BCUT2D eigenvalue weighted by atomic mass is 9.71. The van der Waals surface area contributed by atoms with E-state index in [9.17, 15) is 0 Å². The molecule has 0 nitrogen and oxygen atoms in total. The molecule has 14 rings (SSSR count). The predicted octanol–water partition coefficient (Wildman–Crippen LogP) is 28.0. The summed E-state index contributed by atoms with van der Waals surface area (Å²) in [4.78, 5) is 0. The maximum Gasteiger partial charge on any atom is -0.000742 e. The fourth-order valence-corrected chi connectivity index (χ4v) is 16.4. The molecule has 0 aliphatic carbocycles. The van der Waals surface area contributed by atoms with E-state index in [1.165, 1.54) is 177 Å². The highest BCUT2D eigenvalue weighted by Gasteiger charge is 2.35. The lowest BCUT2D eigenvalue weighted by Crippen LogP contribution is -2.08. The number of rotatable bonds is 15. The summed E-state index contributed by atoms with van der Waals surface area (Å²) in [6.07, 6.45) is 0. The van der Waals surface area contributed by atoms with E-state index in [1.807, 2.05) is 0 Å². The molecule has 0 bridgehead atoms. The molecule has 14 aromatic rings. The Morgan fingerprint density at radius 1 is 0.138 bits per heavy atom. The van der Waals surface area contributed by atoms with Gasteiger partial charge in [-0.05, 0) is 236 Å². The maximum absolute atomic E-state index is 2.71. The molecule has 0 aromatic heterocycles. The number of hydrogen-bond donors (Lipinski definition) is 0. The minimum absolute atomic E-state index is 0.131. The molecule has 0 saturated heterocycles. The average Bonchev–Trinajstić information content (AvgIpc) is 0.695. The first-order valence-corrected chi connectivity index (χ1v) is 34.5. The molecule has 462 valence electrons. The van der Waals surface area contributed by atoms with Crippen molar-refractivity contribution in [3.05, 3.63) is 300 Å². The summed E-state index contributed by atoms with van der Waals surface area (Å²) >= 11 is 0. The second-order valence-electron chi connectivity index (χ2n) is 28.0. The lowest BCUT2D eigenvalue weighted by molar-refractivity contribution is 0.863. The number of fused-ring (bicyclic) bond motifs is 4.